The summed E-state index contributed by atoms with van der Waals surface area (Å²) in [5.41, 5.74) is 10.1. The zero-order valence-corrected chi connectivity index (χ0v) is 16.1. The fourth-order valence-corrected chi connectivity index (χ4v) is 3.34. The first-order valence-electron chi connectivity index (χ1n) is 9.55. The highest BCUT2D eigenvalue weighted by molar-refractivity contribution is 5.93. The average molecular weight is 364 g/mol. The SMILES string of the molecule is CCc1ccc(O)cc1CN(CC)c1cc(NCCN)c2ccccc2n1. The molecule has 0 aliphatic rings. The normalized spacial score (nSPS) is 10.9. The number of nitrogens with one attached hydrogen (secondary N) is 1. The van der Waals surface area contributed by atoms with Gasteiger partial charge in [-0.05, 0) is 42.7 Å². The molecule has 5 heteroatoms. The molecule has 2 aromatic carbocycles. The first-order chi connectivity index (χ1) is 13.2. The zero-order chi connectivity index (χ0) is 19.2. The number of nitrogens with two attached hydrogens (primary N) is 1. The van der Waals surface area contributed by atoms with Crippen LogP contribution in [0.25, 0.3) is 10.9 Å². The Hall–Kier alpha value is -2.79. The summed E-state index contributed by atoms with van der Waals surface area (Å²) in [7, 11) is 0. The van der Waals surface area contributed by atoms with Gasteiger partial charge in [-0.3, -0.25) is 0 Å². The minimum absolute atomic E-state index is 0.301. The molecule has 3 aromatic rings. The van der Waals surface area contributed by atoms with Crippen LogP contribution in [0.2, 0.25) is 0 Å². The predicted molar refractivity (Wildman–Crippen MR) is 113 cm³/mol. The van der Waals surface area contributed by atoms with Crippen LogP contribution in [0.15, 0.2) is 48.5 Å². The largest absolute Gasteiger partial charge is 0.508 e. The Kier molecular flexibility index (Phi) is 6.14. The van der Waals surface area contributed by atoms with Gasteiger partial charge < -0.3 is 21.1 Å². The van der Waals surface area contributed by atoms with E-state index >= 15 is 0 Å². The second-order valence-corrected chi connectivity index (χ2v) is 6.58. The Morgan fingerprint density at radius 2 is 1.89 bits per heavy atom. The minimum Gasteiger partial charge on any atom is -0.508 e. The Labute approximate surface area is 160 Å². The fourth-order valence-electron chi connectivity index (χ4n) is 3.34. The van der Waals surface area contributed by atoms with Gasteiger partial charge in [0.05, 0.1) is 5.52 Å². The Bertz CT molecular complexity index is 910. The zero-order valence-electron chi connectivity index (χ0n) is 16.1. The monoisotopic (exact) mass is 364 g/mol. The van der Waals surface area contributed by atoms with Crippen LogP contribution in [0.4, 0.5) is 11.5 Å². The molecule has 1 aromatic heterocycles. The highest BCUT2D eigenvalue weighted by Gasteiger charge is 2.13. The lowest BCUT2D eigenvalue weighted by atomic mass is 10.0. The molecule has 0 saturated carbocycles. The fraction of sp³-hybridized carbons (Fsp3) is 0.318. The van der Waals surface area contributed by atoms with Crippen molar-refractivity contribution in [1.82, 2.24) is 4.98 Å². The third-order valence-electron chi connectivity index (χ3n) is 4.80. The topological polar surface area (TPSA) is 74.4 Å². The van der Waals surface area contributed by atoms with Crippen molar-refractivity contribution in [2.45, 2.75) is 26.8 Å². The predicted octanol–water partition coefficient (Wildman–Crippen LogP) is 3.90. The van der Waals surface area contributed by atoms with Crippen LogP contribution in [-0.4, -0.2) is 29.7 Å². The molecule has 0 fully saturated rings. The third-order valence-corrected chi connectivity index (χ3v) is 4.80. The van der Waals surface area contributed by atoms with Gasteiger partial charge in [0.25, 0.3) is 0 Å². The molecule has 0 bridgehead atoms. The number of hydrogen-bond donors (Lipinski definition) is 3. The van der Waals surface area contributed by atoms with Crippen LogP contribution in [0.1, 0.15) is 25.0 Å². The number of aryl methyl sites for hydroxylation is 1. The second kappa shape index (κ2) is 8.73. The number of hydrogen-bond acceptors (Lipinski definition) is 5. The van der Waals surface area contributed by atoms with E-state index in [-0.39, 0.29) is 0 Å². The van der Waals surface area contributed by atoms with Crippen LogP contribution in [0.3, 0.4) is 0 Å². The van der Waals surface area contributed by atoms with Gasteiger partial charge in [-0.1, -0.05) is 31.2 Å². The van der Waals surface area contributed by atoms with Crippen LogP contribution < -0.4 is 16.0 Å². The molecule has 0 aliphatic carbocycles. The number of aromatic nitrogens is 1. The number of aromatic hydroxyl groups is 1. The van der Waals surface area contributed by atoms with Crippen LogP contribution in [-0.2, 0) is 13.0 Å². The van der Waals surface area contributed by atoms with Crippen LogP contribution in [0, 0.1) is 0 Å². The molecule has 0 aliphatic heterocycles. The molecule has 0 amide bonds. The Morgan fingerprint density at radius 1 is 1.07 bits per heavy atom. The highest BCUT2D eigenvalue weighted by atomic mass is 16.3. The highest BCUT2D eigenvalue weighted by Crippen LogP contribution is 2.28. The van der Waals surface area contributed by atoms with E-state index in [4.69, 9.17) is 10.7 Å². The Morgan fingerprint density at radius 3 is 2.63 bits per heavy atom. The molecule has 0 saturated heterocycles. The quantitative estimate of drug-likeness (QED) is 0.565. The molecule has 0 spiro atoms. The van der Waals surface area contributed by atoms with Gasteiger partial charge in [0.2, 0.25) is 0 Å². The summed E-state index contributed by atoms with van der Waals surface area (Å²) >= 11 is 0. The molecule has 1 heterocycles. The number of para-hydroxylation sites is 1. The molecule has 5 nitrogen and oxygen atoms in total. The summed E-state index contributed by atoms with van der Waals surface area (Å²) in [6.07, 6.45) is 0.932. The van der Waals surface area contributed by atoms with Crippen molar-refractivity contribution in [2.75, 3.05) is 29.9 Å². The first kappa shape index (κ1) is 19.0. The van der Waals surface area contributed by atoms with E-state index in [9.17, 15) is 5.11 Å². The summed E-state index contributed by atoms with van der Waals surface area (Å²) in [6.45, 7) is 7.07. The van der Waals surface area contributed by atoms with Gasteiger partial charge in [-0.15, -0.1) is 0 Å². The van der Waals surface area contributed by atoms with E-state index in [1.165, 1.54) is 5.56 Å². The number of rotatable bonds is 8. The molecular formula is C22H28N4O. The van der Waals surface area contributed by atoms with Gasteiger partial charge in [-0.2, -0.15) is 0 Å². The number of nitrogens with zero attached hydrogens (tertiary/aromatic N) is 2. The number of anilines is 2. The lowest BCUT2D eigenvalue weighted by molar-refractivity contribution is 0.474. The van der Waals surface area contributed by atoms with Gasteiger partial charge in [-0.25, -0.2) is 4.98 Å². The van der Waals surface area contributed by atoms with Gasteiger partial charge in [0, 0.05) is 43.3 Å². The summed E-state index contributed by atoms with van der Waals surface area (Å²) in [5, 5.41) is 14.4. The third kappa shape index (κ3) is 4.31. The summed E-state index contributed by atoms with van der Waals surface area (Å²) in [5.74, 6) is 1.22. The summed E-state index contributed by atoms with van der Waals surface area (Å²) in [6, 6.07) is 15.8. The molecule has 3 rings (SSSR count). The van der Waals surface area contributed by atoms with Crippen molar-refractivity contribution >= 4 is 22.4 Å². The molecular weight excluding hydrogens is 336 g/mol. The summed E-state index contributed by atoms with van der Waals surface area (Å²) < 4.78 is 0. The molecule has 0 radical (unpaired) electrons. The van der Waals surface area contributed by atoms with Crippen molar-refractivity contribution in [1.29, 1.82) is 0 Å². The lowest BCUT2D eigenvalue weighted by Gasteiger charge is -2.25. The minimum atomic E-state index is 0.301. The maximum atomic E-state index is 9.92. The van der Waals surface area contributed by atoms with Crippen molar-refractivity contribution < 1.29 is 5.11 Å². The maximum Gasteiger partial charge on any atom is 0.131 e. The number of benzene rings is 2. The van der Waals surface area contributed by atoms with Crippen molar-refractivity contribution in [3.8, 4) is 5.75 Å². The molecule has 0 atom stereocenters. The van der Waals surface area contributed by atoms with E-state index in [0.717, 1.165) is 40.9 Å². The lowest BCUT2D eigenvalue weighted by Crippen LogP contribution is -2.24. The molecule has 142 valence electrons. The maximum absolute atomic E-state index is 9.92. The first-order valence-corrected chi connectivity index (χ1v) is 9.55. The van der Waals surface area contributed by atoms with E-state index in [1.54, 1.807) is 6.07 Å². The Balaban J connectivity index is 2.00. The van der Waals surface area contributed by atoms with Crippen LogP contribution in [0.5, 0.6) is 5.75 Å². The van der Waals surface area contributed by atoms with E-state index < -0.39 is 0 Å². The second-order valence-electron chi connectivity index (χ2n) is 6.58. The number of phenolic OH excluding ortho intramolecular Hbond substituents is 1. The number of phenols is 1. The van der Waals surface area contributed by atoms with Crippen molar-refractivity contribution in [2.24, 2.45) is 5.73 Å². The summed E-state index contributed by atoms with van der Waals surface area (Å²) in [4.78, 5) is 7.11. The van der Waals surface area contributed by atoms with E-state index in [1.807, 2.05) is 30.3 Å². The number of pyridine rings is 1. The molecule has 0 unspecified atom stereocenters. The smallest absolute Gasteiger partial charge is 0.131 e. The van der Waals surface area contributed by atoms with Crippen LogP contribution >= 0.6 is 0 Å². The van der Waals surface area contributed by atoms with Gasteiger partial charge in [0.15, 0.2) is 0 Å². The molecule has 27 heavy (non-hydrogen) atoms. The van der Waals surface area contributed by atoms with Gasteiger partial charge in [0.1, 0.15) is 11.6 Å². The van der Waals surface area contributed by atoms with Gasteiger partial charge >= 0.3 is 0 Å². The average Bonchev–Trinajstić information content (AvgIpc) is 2.70. The molecule has 4 N–H and O–H groups in total. The van der Waals surface area contributed by atoms with Crippen molar-refractivity contribution in [3.05, 3.63) is 59.7 Å². The van der Waals surface area contributed by atoms with E-state index in [0.29, 0.717) is 25.4 Å². The van der Waals surface area contributed by atoms with Crippen molar-refractivity contribution in [3.63, 3.8) is 0 Å². The van der Waals surface area contributed by atoms with E-state index in [2.05, 4.69) is 36.2 Å². The number of fused-ring (bicyclic) bond motifs is 1. The standard InChI is InChI=1S/C22H28N4O/c1-3-16-9-10-18(27)13-17(16)15-26(4-2)22-14-21(24-12-11-23)19-7-5-6-8-20(19)25-22/h5-10,13-14,27H,3-4,11-12,15,23H2,1-2H3,(H,24,25).